The van der Waals surface area contributed by atoms with E-state index in [0.717, 1.165) is 11.3 Å². The highest BCUT2D eigenvalue weighted by Crippen LogP contribution is 2.52. The molecule has 2 unspecified atom stereocenters. The summed E-state index contributed by atoms with van der Waals surface area (Å²) in [7, 11) is 1.62. The number of carbonyl (C=O) groups excluding carboxylic acids is 2. The van der Waals surface area contributed by atoms with E-state index in [2.05, 4.69) is 0 Å². The molecule has 7 nitrogen and oxygen atoms in total. The molecule has 4 aliphatic heterocycles. The molecule has 3 fully saturated rings. The second-order valence-corrected chi connectivity index (χ2v) is 8.50. The number of rotatable bonds is 4. The maximum atomic E-state index is 13.4. The molecule has 0 aromatic heterocycles. The molecule has 29 heavy (non-hydrogen) atoms. The zero-order valence-corrected chi connectivity index (χ0v) is 16.5. The van der Waals surface area contributed by atoms with Gasteiger partial charge in [0.15, 0.2) is 0 Å². The van der Waals surface area contributed by atoms with Gasteiger partial charge in [-0.1, -0.05) is 24.3 Å². The first-order valence-corrected chi connectivity index (χ1v) is 10.3. The van der Waals surface area contributed by atoms with E-state index in [-0.39, 0.29) is 24.0 Å². The van der Waals surface area contributed by atoms with E-state index in [1.165, 1.54) is 0 Å². The summed E-state index contributed by atoms with van der Waals surface area (Å²) < 4.78 is 11.5. The SMILES string of the molecule is COc1cccc(CN2C[C@]34C=C[C@H](O3)C(C(=O)N3CCC(O)CC3)C4C2=O)c1. The fraction of sp³-hybridized carbons (Fsp3) is 0.545. The molecule has 4 aliphatic rings. The van der Waals surface area contributed by atoms with Crippen molar-refractivity contribution < 1.29 is 24.2 Å². The highest BCUT2D eigenvalue weighted by atomic mass is 16.5. The lowest BCUT2D eigenvalue weighted by molar-refractivity contribution is -0.144. The van der Waals surface area contributed by atoms with Crippen LogP contribution in [0.3, 0.4) is 0 Å². The summed E-state index contributed by atoms with van der Waals surface area (Å²) >= 11 is 0. The lowest BCUT2D eigenvalue weighted by Crippen LogP contribution is -2.49. The molecule has 2 amide bonds. The van der Waals surface area contributed by atoms with E-state index < -0.39 is 17.4 Å². The molecule has 1 N–H and O–H groups in total. The quantitative estimate of drug-likeness (QED) is 0.765. The number of nitrogens with zero attached hydrogens (tertiary/aromatic N) is 2. The number of fused-ring (bicyclic) bond motifs is 1. The number of hydrogen-bond acceptors (Lipinski definition) is 5. The largest absolute Gasteiger partial charge is 0.497 e. The molecule has 4 heterocycles. The summed E-state index contributed by atoms with van der Waals surface area (Å²) in [4.78, 5) is 30.2. The van der Waals surface area contributed by atoms with Gasteiger partial charge in [0.05, 0.1) is 37.7 Å². The molecule has 3 saturated heterocycles. The molecule has 0 aliphatic carbocycles. The van der Waals surface area contributed by atoms with Crippen molar-refractivity contribution in [2.75, 3.05) is 26.7 Å². The average Bonchev–Trinajstić information content (AvgIpc) is 3.36. The maximum absolute atomic E-state index is 13.4. The van der Waals surface area contributed by atoms with Crippen LogP contribution in [0.2, 0.25) is 0 Å². The van der Waals surface area contributed by atoms with Crippen molar-refractivity contribution in [3.05, 3.63) is 42.0 Å². The molecule has 1 aromatic carbocycles. The van der Waals surface area contributed by atoms with E-state index in [1.54, 1.807) is 16.9 Å². The summed E-state index contributed by atoms with van der Waals surface area (Å²) in [6.45, 7) is 2.00. The minimum atomic E-state index is -0.698. The van der Waals surface area contributed by atoms with Crippen LogP contribution >= 0.6 is 0 Å². The van der Waals surface area contributed by atoms with Crippen LogP contribution in [-0.4, -0.2) is 71.3 Å². The van der Waals surface area contributed by atoms with Crippen molar-refractivity contribution in [2.24, 2.45) is 11.8 Å². The number of aliphatic hydroxyl groups excluding tert-OH is 1. The van der Waals surface area contributed by atoms with Gasteiger partial charge in [0.2, 0.25) is 11.8 Å². The third kappa shape index (κ3) is 2.95. The number of methoxy groups -OCH3 is 1. The van der Waals surface area contributed by atoms with Gasteiger partial charge in [-0.05, 0) is 30.5 Å². The van der Waals surface area contributed by atoms with Crippen molar-refractivity contribution in [2.45, 2.75) is 37.2 Å². The number of ether oxygens (including phenoxy) is 2. The molecule has 0 radical (unpaired) electrons. The molecule has 0 saturated carbocycles. The monoisotopic (exact) mass is 398 g/mol. The minimum absolute atomic E-state index is 0.0185. The van der Waals surface area contributed by atoms with Crippen LogP contribution in [-0.2, 0) is 20.9 Å². The fourth-order valence-corrected chi connectivity index (χ4v) is 5.28. The number of likely N-dealkylation sites (tertiary alicyclic amines) is 2. The topological polar surface area (TPSA) is 79.3 Å². The van der Waals surface area contributed by atoms with Crippen LogP contribution in [0, 0.1) is 11.8 Å². The Balaban J connectivity index is 1.36. The Morgan fingerprint density at radius 2 is 2.14 bits per heavy atom. The Labute approximate surface area is 169 Å². The lowest BCUT2D eigenvalue weighted by Gasteiger charge is -2.34. The predicted octanol–water partition coefficient (Wildman–Crippen LogP) is 0.960. The van der Waals surface area contributed by atoms with Crippen molar-refractivity contribution in [3.63, 3.8) is 0 Å². The van der Waals surface area contributed by atoms with Crippen LogP contribution in [0.25, 0.3) is 0 Å². The molecular formula is C22H26N2O5. The first-order chi connectivity index (χ1) is 14.0. The Morgan fingerprint density at radius 3 is 2.90 bits per heavy atom. The van der Waals surface area contributed by atoms with E-state index in [9.17, 15) is 14.7 Å². The van der Waals surface area contributed by atoms with Gasteiger partial charge in [-0.25, -0.2) is 0 Å². The number of aliphatic hydroxyl groups is 1. The van der Waals surface area contributed by atoms with Crippen molar-refractivity contribution in [1.82, 2.24) is 9.80 Å². The van der Waals surface area contributed by atoms with Crippen molar-refractivity contribution in [3.8, 4) is 5.75 Å². The summed E-state index contributed by atoms with van der Waals surface area (Å²) in [6, 6.07) is 7.68. The maximum Gasteiger partial charge on any atom is 0.230 e. The Hall–Kier alpha value is -2.38. The first-order valence-electron chi connectivity index (χ1n) is 10.3. The van der Waals surface area contributed by atoms with Gasteiger partial charge in [0.25, 0.3) is 0 Å². The Kier molecular flexibility index (Phi) is 4.40. The normalized spacial score (nSPS) is 33.4. The molecular weight excluding hydrogens is 372 g/mol. The highest BCUT2D eigenvalue weighted by molar-refractivity contribution is 5.93. The summed E-state index contributed by atoms with van der Waals surface area (Å²) in [5.41, 5.74) is 0.288. The van der Waals surface area contributed by atoms with E-state index in [1.807, 2.05) is 36.4 Å². The zero-order valence-electron chi connectivity index (χ0n) is 16.5. The van der Waals surface area contributed by atoms with E-state index >= 15 is 0 Å². The van der Waals surface area contributed by atoms with Crippen molar-refractivity contribution in [1.29, 1.82) is 0 Å². The molecule has 5 rings (SSSR count). The van der Waals surface area contributed by atoms with Crippen LogP contribution < -0.4 is 4.74 Å². The number of hydrogen-bond donors (Lipinski definition) is 1. The fourth-order valence-electron chi connectivity index (χ4n) is 5.28. The van der Waals surface area contributed by atoms with Gasteiger partial charge in [0, 0.05) is 19.6 Å². The average molecular weight is 398 g/mol. The zero-order chi connectivity index (χ0) is 20.2. The summed E-state index contributed by atoms with van der Waals surface area (Å²) in [5, 5.41) is 9.74. The second kappa shape index (κ2) is 6.85. The van der Waals surface area contributed by atoms with Crippen molar-refractivity contribution >= 4 is 11.8 Å². The van der Waals surface area contributed by atoms with Gasteiger partial charge in [-0.3, -0.25) is 9.59 Å². The van der Waals surface area contributed by atoms with Gasteiger partial charge in [-0.2, -0.15) is 0 Å². The first kappa shape index (κ1) is 18.6. The standard InChI is InChI=1S/C22H26N2O5/c1-28-16-4-2-3-14(11-16)12-24-13-22-8-5-17(29-22)18(19(22)21(24)27)20(26)23-9-6-15(25)7-10-23/h2-5,8,11,15,17-19,25H,6-7,9-10,12-13H2,1H3/t17-,18?,19?,22-/m0/s1. The predicted molar refractivity (Wildman–Crippen MR) is 104 cm³/mol. The Bertz CT molecular complexity index is 863. The smallest absolute Gasteiger partial charge is 0.230 e. The van der Waals surface area contributed by atoms with Crippen LogP contribution in [0.4, 0.5) is 0 Å². The van der Waals surface area contributed by atoms with E-state index in [0.29, 0.717) is 39.0 Å². The number of benzene rings is 1. The number of amides is 2. The third-order valence-corrected chi connectivity index (χ3v) is 6.75. The number of carbonyl (C=O) groups is 2. The second-order valence-electron chi connectivity index (χ2n) is 8.50. The van der Waals surface area contributed by atoms with Gasteiger partial charge < -0.3 is 24.4 Å². The van der Waals surface area contributed by atoms with Crippen LogP contribution in [0.1, 0.15) is 18.4 Å². The Morgan fingerprint density at radius 1 is 1.34 bits per heavy atom. The van der Waals surface area contributed by atoms with E-state index in [4.69, 9.17) is 9.47 Å². The van der Waals surface area contributed by atoms with Gasteiger partial charge >= 0.3 is 0 Å². The van der Waals surface area contributed by atoms with Gasteiger partial charge in [0.1, 0.15) is 11.4 Å². The molecule has 154 valence electrons. The molecule has 1 aromatic rings. The molecule has 7 heteroatoms. The summed E-state index contributed by atoms with van der Waals surface area (Å²) in [5.74, 6) is -0.227. The molecule has 4 atom stereocenters. The number of piperidine rings is 1. The van der Waals surface area contributed by atoms with Crippen LogP contribution in [0.5, 0.6) is 5.75 Å². The molecule has 1 spiro atoms. The highest BCUT2D eigenvalue weighted by Gasteiger charge is 2.67. The molecule has 2 bridgehead atoms. The van der Waals surface area contributed by atoms with Crippen LogP contribution in [0.15, 0.2) is 36.4 Å². The third-order valence-electron chi connectivity index (χ3n) is 6.75. The minimum Gasteiger partial charge on any atom is -0.497 e. The van der Waals surface area contributed by atoms with Gasteiger partial charge in [-0.15, -0.1) is 0 Å². The summed E-state index contributed by atoms with van der Waals surface area (Å²) in [6.07, 6.45) is 4.43. The lowest BCUT2D eigenvalue weighted by atomic mass is 9.76.